The largest absolute Gasteiger partial charge is 0.478 e. The molecule has 0 aliphatic heterocycles. The van der Waals surface area contributed by atoms with E-state index in [1.807, 2.05) is 117 Å². The number of ether oxygens (including phenoxy) is 4. The second kappa shape index (κ2) is 44.1. The maximum absolute atomic E-state index is 12.8. The first kappa shape index (κ1) is 100. The molecule has 133 heavy (non-hydrogen) atoms. The van der Waals surface area contributed by atoms with E-state index in [4.69, 9.17) is 29.8 Å². The number of carbonyl (C=O) groups is 4. The molecule has 0 aliphatic rings. The molecule has 16 aromatic rings. The second-order valence-electron chi connectivity index (χ2n) is 30.0. The fraction of sp³-hybridized carbons (Fsp3) is 0.184. The van der Waals surface area contributed by atoms with Gasteiger partial charge in [0.05, 0.1) is 94.0 Å². The van der Waals surface area contributed by atoms with Crippen molar-refractivity contribution in [1.82, 2.24) is 54.2 Å². The zero-order valence-electron chi connectivity index (χ0n) is 71.7. The summed E-state index contributed by atoms with van der Waals surface area (Å²) in [5.74, 6) is 1.26. The molecule has 4 atom stereocenters. The average Bonchev–Trinajstić information content (AvgIpc) is 1.51. The summed E-state index contributed by atoms with van der Waals surface area (Å²) in [6.45, 7) is 7.49. The first-order chi connectivity index (χ1) is 62.6. The van der Waals surface area contributed by atoms with Crippen molar-refractivity contribution in [3.05, 3.63) is 360 Å². The Morgan fingerprint density at radius 1 is 0.346 bits per heavy atom. The van der Waals surface area contributed by atoms with Gasteiger partial charge in [0.2, 0.25) is 0 Å². The second-order valence-corrected chi connectivity index (χ2v) is 30.3. The Balaban J connectivity index is 0.000000176. The Bertz CT molecular complexity index is 6190. The Hall–Kier alpha value is -15.0. The number of rotatable bonds is 19. The molecule has 0 radical (unpaired) electrons. The van der Waals surface area contributed by atoms with Crippen molar-refractivity contribution in [2.75, 3.05) is 6.26 Å². The summed E-state index contributed by atoms with van der Waals surface area (Å²) >= 11 is 0.250. The summed E-state index contributed by atoms with van der Waals surface area (Å²) in [5.41, 5.74) is 7.39. The summed E-state index contributed by atoms with van der Waals surface area (Å²) in [6.07, 6.45) is -2.00. The van der Waals surface area contributed by atoms with Gasteiger partial charge in [0, 0.05) is 116 Å². The van der Waals surface area contributed by atoms with Crippen LogP contribution in [0.2, 0.25) is 0 Å². The zero-order chi connectivity index (χ0) is 95.5. The van der Waals surface area contributed by atoms with Crippen LogP contribution in [0, 0.1) is 0 Å². The molecule has 4 heterocycles. The molecule has 16 rings (SSSR count). The number of imidazole rings is 4. The van der Waals surface area contributed by atoms with Gasteiger partial charge in [0.15, 0.2) is 0 Å². The number of aromatic carboxylic acids is 1. The van der Waals surface area contributed by atoms with Crippen molar-refractivity contribution in [1.29, 1.82) is 0 Å². The lowest BCUT2D eigenvalue weighted by molar-refractivity contribution is -0.138. The summed E-state index contributed by atoms with van der Waals surface area (Å²) in [4.78, 5) is 65.9. The lowest BCUT2D eigenvalue weighted by Gasteiger charge is -2.13. The molecule has 6 N–H and O–H groups in total. The van der Waals surface area contributed by atoms with E-state index >= 15 is 0 Å². The molecular weight excluding hydrogens is 1770 g/mol. The number of nitrogens with zero attached hydrogens (tertiary/aromatic N) is 8. The number of aromatic nitrogens is 8. The highest BCUT2D eigenvalue weighted by atomic mass is 32.2. The molecule has 12 aromatic carbocycles. The first-order valence-corrected chi connectivity index (χ1v) is 41.2. The highest BCUT2D eigenvalue weighted by molar-refractivity contribution is 7.93. The van der Waals surface area contributed by atoms with Crippen LogP contribution in [0.15, 0.2) is 293 Å². The Kier molecular flexibility index (Phi) is 33.2. The minimum atomic E-state index is -4.40. The topological polar surface area (TPSA) is 259 Å². The lowest BCUT2D eigenvalue weighted by Crippen LogP contribution is -2.26. The van der Waals surface area contributed by atoms with E-state index in [0.717, 1.165) is 104 Å². The molecule has 21 nitrogen and oxygen atoms in total. The number of fused-ring (bicyclic) bond motifs is 4. The van der Waals surface area contributed by atoms with E-state index in [1.54, 1.807) is 141 Å². The maximum Gasteiger partial charge on any atom is 0.416 e. The Morgan fingerprint density at radius 3 is 0.744 bits per heavy atom. The van der Waals surface area contributed by atoms with Crippen LogP contribution in [0.25, 0.3) is 43.1 Å². The van der Waals surface area contributed by atoms with Crippen LogP contribution in [0.1, 0.15) is 146 Å². The van der Waals surface area contributed by atoms with E-state index in [9.17, 15) is 75.7 Å². The molecule has 35 heteroatoms. The quantitative estimate of drug-likeness (QED) is 0.0472. The number of carbonyl (C=O) groups excluding carboxylic acids is 3. The number of alkyl halides is 12. The van der Waals surface area contributed by atoms with Gasteiger partial charge in [-0.15, -0.1) is 0 Å². The monoisotopic (exact) mass is 1860 g/mol. The number of carboxylic acid groups (broad SMARTS) is 1. The van der Waals surface area contributed by atoms with E-state index in [1.165, 1.54) is 66.9 Å². The molecule has 0 spiro atoms. The van der Waals surface area contributed by atoms with Crippen molar-refractivity contribution in [2.24, 2.45) is 33.9 Å². The molecule has 3 amide bonds. The SMILES string of the molecule is C.CC(N)c1cn(C)cn1.CC(NC(=O)c1ccc2c(Oc3ccc(C(F)(F)F)cc3)cccc2c1)c1cn(C)cn1.CSF.C[C@@H](NC(=O)c1ccc2c(Oc3ccc(C(F)(F)F)cc3)cccc2c1)c1cn(C)cn1.C[C@H](NC(=O)c1ccc2c(Oc3ccc(C(F)(F)F)cc3)cccc2c1)c1cn(C)cn1.O=C(O)c1ccc2c(Oc3ccc(C(F)(F)F)cc3)cccc2c1. The van der Waals surface area contributed by atoms with Gasteiger partial charge in [-0.2, -0.15) is 56.6 Å². The van der Waals surface area contributed by atoms with Gasteiger partial charge >= 0.3 is 30.7 Å². The summed E-state index contributed by atoms with van der Waals surface area (Å²) in [5, 5.41) is 23.7. The normalized spacial score (nSPS) is 12.2. The fourth-order valence-corrected chi connectivity index (χ4v) is 13.0. The molecule has 2 unspecified atom stereocenters. The Morgan fingerprint density at radius 2 is 0.556 bits per heavy atom. The number of amides is 3. The molecule has 0 saturated heterocycles. The molecule has 4 aromatic heterocycles. The van der Waals surface area contributed by atoms with Gasteiger partial charge in [-0.25, -0.2) is 24.7 Å². The predicted molar refractivity (Wildman–Crippen MR) is 483 cm³/mol. The Labute approximate surface area is 759 Å². The number of hydrogen-bond acceptors (Lipinski definition) is 14. The third kappa shape index (κ3) is 27.5. The van der Waals surface area contributed by atoms with E-state index in [2.05, 4.69) is 35.9 Å². The molecule has 692 valence electrons. The van der Waals surface area contributed by atoms with Crippen LogP contribution in [-0.4, -0.2) is 73.3 Å². The summed E-state index contributed by atoms with van der Waals surface area (Å²) in [7, 11) is 7.51. The van der Waals surface area contributed by atoms with Crippen LogP contribution < -0.4 is 40.6 Å². The van der Waals surface area contributed by atoms with Crippen LogP contribution in [0.5, 0.6) is 46.0 Å². The highest BCUT2D eigenvalue weighted by Gasteiger charge is 2.34. The number of halogens is 13. The third-order valence-corrected chi connectivity index (χ3v) is 19.8. The lowest BCUT2D eigenvalue weighted by atomic mass is 10.1. The highest BCUT2D eigenvalue weighted by Crippen LogP contribution is 2.40. The van der Waals surface area contributed by atoms with Gasteiger partial charge in [-0.3, -0.25) is 14.4 Å². The standard InChI is InChI=1S/3C24H20F3N3O2.C18H11F3O3.C6H11N3.CH3FS.CH4/c3*1-15(21-13-30(2)14-28-21)29-23(31)17-6-11-20-16(12-17)4-3-5-22(20)32-19-9-7-18(8-10-19)24(25,26)27;19-18(20,21)13-5-7-14(8-6-13)24-16-3-1-2-11-10-12(17(22)23)4-9-15(11)16;1-5(7)6-3-9(2)4-8-6;1-3-2;/h3*3-15H,1-2H3,(H,29,31);1-10H,(H,22,23);3-5H,7H2,1-2H3;1H3;1H4/t2*15-;;;;;/m10...../s1. The smallest absolute Gasteiger partial charge is 0.416 e. The van der Waals surface area contributed by atoms with E-state index in [0.29, 0.717) is 50.5 Å². The van der Waals surface area contributed by atoms with Gasteiger partial charge in [-0.05, 0) is 243 Å². The number of aryl methyl sites for hydroxylation is 4. The van der Waals surface area contributed by atoms with Gasteiger partial charge < -0.3 is 64.0 Å². The maximum atomic E-state index is 12.8. The third-order valence-electron chi connectivity index (χ3n) is 19.8. The minimum Gasteiger partial charge on any atom is -0.478 e. The average molecular weight is 1860 g/mol. The minimum absolute atomic E-state index is 0. The van der Waals surface area contributed by atoms with Gasteiger partial charge in [-0.1, -0.05) is 56.0 Å². The van der Waals surface area contributed by atoms with E-state index in [-0.39, 0.29) is 90.0 Å². The summed E-state index contributed by atoms with van der Waals surface area (Å²) in [6, 6.07) is 58.4. The van der Waals surface area contributed by atoms with Crippen LogP contribution in [0.3, 0.4) is 0 Å². The van der Waals surface area contributed by atoms with Crippen molar-refractivity contribution in [2.45, 2.75) is 84.0 Å². The van der Waals surface area contributed by atoms with Gasteiger partial charge in [0.1, 0.15) is 46.0 Å². The molecular formula is C98H89F13N12O9S. The number of hydrogen-bond donors (Lipinski definition) is 5. The van der Waals surface area contributed by atoms with Gasteiger partial charge in [0.25, 0.3) is 17.7 Å². The molecule has 0 fully saturated rings. The number of benzene rings is 12. The summed E-state index contributed by atoms with van der Waals surface area (Å²) < 4.78 is 193. The van der Waals surface area contributed by atoms with Crippen LogP contribution >= 0.6 is 12.1 Å². The zero-order valence-corrected chi connectivity index (χ0v) is 72.5. The molecule has 0 aliphatic carbocycles. The van der Waals surface area contributed by atoms with Crippen LogP contribution in [0.4, 0.5) is 56.6 Å². The van der Waals surface area contributed by atoms with Crippen molar-refractivity contribution in [3.63, 3.8) is 0 Å². The number of nitrogens with two attached hydrogens (primary N) is 1. The first-order valence-electron chi connectivity index (χ1n) is 40.1. The van der Waals surface area contributed by atoms with Crippen molar-refractivity contribution < 1.29 is 99.8 Å². The molecule has 0 saturated carbocycles. The number of nitrogens with one attached hydrogen (secondary N) is 3. The molecule has 0 bridgehead atoms. The van der Waals surface area contributed by atoms with Crippen LogP contribution in [-0.2, 0) is 52.9 Å². The van der Waals surface area contributed by atoms with E-state index < -0.39 is 52.9 Å². The van der Waals surface area contributed by atoms with Crippen molar-refractivity contribution >= 4 is 78.9 Å². The predicted octanol–water partition coefficient (Wildman–Crippen LogP) is 25.3. The number of carboxylic acids is 1. The van der Waals surface area contributed by atoms with Crippen molar-refractivity contribution in [3.8, 4) is 46.0 Å². The fourth-order valence-electron chi connectivity index (χ4n) is 13.0.